The first-order valence-electron chi connectivity index (χ1n) is 13.7. The summed E-state index contributed by atoms with van der Waals surface area (Å²) >= 11 is 16.3. The van der Waals surface area contributed by atoms with Crippen LogP contribution in [-0.2, 0) is 6.42 Å². The minimum Gasteiger partial charge on any atom is -0.353 e. The van der Waals surface area contributed by atoms with Crippen molar-refractivity contribution >= 4 is 79.0 Å². The summed E-state index contributed by atoms with van der Waals surface area (Å²) in [5.74, 6) is 0.519. The quantitative estimate of drug-likeness (QED) is 0.0969. The normalized spacial score (nSPS) is 11.3. The SMILES string of the molecule is O=c1c2cc(Br)ccc2nc(Cc2ccccc2Nc2c(Cl)cccc2Cl)n1-c1ccc(N=Cc2ccccc2[N+](=O)[O-])cc1. The predicted molar refractivity (Wildman–Crippen MR) is 184 cm³/mol. The summed E-state index contributed by atoms with van der Waals surface area (Å²) in [6, 6.07) is 31.8. The maximum atomic E-state index is 14.0. The number of hydrogen-bond acceptors (Lipinski definition) is 6. The Kier molecular flexibility index (Phi) is 8.75. The number of halogens is 3. The van der Waals surface area contributed by atoms with Crippen LogP contribution in [0.1, 0.15) is 17.0 Å². The minimum absolute atomic E-state index is 0.0333. The molecular weight excluding hydrogens is 677 g/mol. The van der Waals surface area contributed by atoms with Crippen LogP contribution in [0, 0.1) is 10.1 Å². The fourth-order valence-corrected chi connectivity index (χ4v) is 5.76. The standard InChI is InChI=1S/C34H22BrCl2N5O3/c35-23-12-17-30-26(19-23)34(43)41(25-15-13-24(14-16-25)38-20-22-7-2-4-11-31(22)42(44)45)32(39-30)18-21-6-1-3-10-29(21)40-33-27(36)8-5-9-28(33)37/h1-17,19-20,40H,18H2. The molecule has 0 amide bonds. The molecule has 0 radical (unpaired) electrons. The molecule has 6 aromatic rings. The summed E-state index contributed by atoms with van der Waals surface area (Å²) in [4.78, 5) is 34.3. The molecule has 1 heterocycles. The molecule has 0 aliphatic rings. The number of rotatable bonds is 8. The van der Waals surface area contributed by atoms with Crippen molar-refractivity contribution in [1.82, 2.24) is 9.55 Å². The summed E-state index contributed by atoms with van der Waals surface area (Å²) < 4.78 is 2.35. The van der Waals surface area contributed by atoms with Gasteiger partial charge in [-0.15, -0.1) is 0 Å². The van der Waals surface area contributed by atoms with Crippen LogP contribution in [0.3, 0.4) is 0 Å². The number of aromatic nitrogens is 2. The monoisotopic (exact) mass is 697 g/mol. The summed E-state index contributed by atoms with van der Waals surface area (Å²) in [7, 11) is 0. The number of nitrogens with zero attached hydrogens (tertiary/aromatic N) is 4. The molecule has 0 atom stereocenters. The van der Waals surface area contributed by atoms with Gasteiger partial charge < -0.3 is 5.32 Å². The zero-order valence-electron chi connectivity index (χ0n) is 23.3. The third-order valence-electron chi connectivity index (χ3n) is 7.08. The van der Waals surface area contributed by atoms with Crippen LogP contribution in [0.4, 0.5) is 22.7 Å². The van der Waals surface area contributed by atoms with Gasteiger partial charge in [-0.25, -0.2) is 4.98 Å². The van der Waals surface area contributed by atoms with Gasteiger partial charge in [0.25, 0.3) is 11.2 Å². The topological polar surface area (TPSA) is 102 Å². The van der Waals surface area contributed by atoms with Crippen molar-refractivity contribution in [3.05, 3.63) is 161 Å². The van der Waals surface area contributed by atoms with Crippen molar-refractivity contribution in [2.75, 3.05) is 5.32 Å². The number of fused-ring (bicyclic) bond motifs is 1. The molecule has 1 aromatic heterocycles. The van der Waals surface area contributed by atoms with Gasteiger partial charge in [0.2, 0.25) is 0 Å². The maximum Gasteiger partial charge on any atom is 0.278 e. The van der Waals surface area contributed by atoms with E-state index in [-0.39, 0.29) is 11.2 Å². The van der Waals surface area contributed by atoms with E-state index in [4.69, 9.17) is 28.2 Å². The lowest BCUT2D eigenvalue weighted by molar-refractivity contribution is -0.385. The number of nitrogens with one attached hydrogen (secondary N) is 1. The second kappa shape index (κ2) is 13.0. The van der Waals surface area contributed by atoms with E-state index in [1.807, 2.05) is 36.4 Å². The first-order chi connectivity index (χ1) is 21.8. The van der Waals surface area contributed by atoms with E-state index in [9.17, 15) is 14.9 Å². The Balaban J connectivity index is 1.41. The van der Waals surface area contributed by atoms with Crippen molar-refractivity contribution in [1.29, 1.82) is 0 Å². The van der Waals surface area contributed by atoms with Crippen molar-refractivity contribution in [2.45, 2.75) is 6.42 Å². The van der Waals surface area contributed by atoms with Crippen LogP contribution in [0.5, 0.6) is 0 Å². The van der Waals surface area contributed by atoms with E-state index < -0.39 is 4.92 Å². The third kappa shape index (κ3) is 6.51. The highest BCUT2D eigenvalue weighted by molar-refractivity contribution is 9.10. The second-order valence-electron chi connectivity index (χ2n) is 9.98. The molecule has 11 heteroatoms. The van der Waals surface area contributed by atoms with Gasteiger partial charge in [-0.3, -0.25) is 24.5 Å². The molecule has 0 spiro atoms. The number of hydrogen-bond donors (Lipinski definition) is 1. The fraction of sp³-hybridized carbons (Fsp3) is 0.0294. The van der Waals surface area contributed by atoms with Gasteiger partial charge in [-0.1, -0.05) is 75.5 Å². The fourth-order valence-electron chi connectivity index (χ4n) is 4.90. The molecule has 8 nitrogen and oxygen atoms in total. The second-order valence-corrected chi connectivity index (χ2v) is 11.7. The first kappa shape index (κ1) is 30.2. The Morgan fingerprint density at radius 3 is 2.38 bits per heavy atom. The Hall–Kier alpha value is -4.83. The lowest BCUT2D eigenvalue weighted by Crippen LogP contribution is -2.24. The predicted octanol–water partition coefficient (Wildman–Crippen LogP) is 9.45. The van der Waals surface area contributed by atoms with Crippen molar-refractivity contribution in [2.24, 2.45) is 4.99 Å². The minimum atomic E-state index is -0.444. The van der Waals surface area contributed by atoms with E-state index in [1.165, 1.54) is 12.3 Å². The van der Waals surface area contributed by atoms with Crippen molar-refractivity contribution in [3.63, 3.8) is 0 Å². The van der Waals surface area contributed by atoms with Crippen LogP contribution in [0.25, 0.3) is 16.6 Å². The molecule has 45 heavy (non-hydrogen) atoms. The molecule has 5 aromatic carbocycles. The summed E-state index contributed by atoms with van der Waals surface area (Å²) in [5.41, 5.74) is 4.07. The largest absolute Gasteiger partial charge is 0.353 e. The number of nitro benzene ring substituents is 1. The number of para-hydroxylation sites is 3. The van der Waals surface area contributed by atoms with Gasteiger partial charge in [0.15, 0.2) is 0 Å². The van der Waals surface area contributed by atoms with Crippen molar-refractivity contribution in [3.8, 4) is 5.69 Å². The number of anilines is 2. The Labute approximate surface area is 275 Å². The van der Waals surface area contributed by atoms with Crippen LogP contribution in [-0.4, -0.2) is 20.7 Å². The van der Waals surface area contributed by atoms with Gasteiger partial charge in [0, 0.05) is 28.9 Å². The number of aliphatic imine (C=N–C) groups is 1. The zero-order chi connectivity index (χ0) is 31.5. The van der Waals surface area contributed by atoms with Crippen molar-refractivity contribution < 1.29 is 4.92 Å². The molecular formula is C34H22BrCl2N5O3. The molecule has 0 fully saturated rings. The average Bonchev–Trinajstić information content (AvgIpc) is 3.04. The van der Waals surface area contributed by atoms with Gasteiger partial charge in [-0.2, -0.15) is 0 Å². The van der Waals surface area contributed by atoms with Gasteiger partial charge >= 0.3 is 0 Å². The molecule has 222 valence electrons. The Morgan fingerprint density at radius 2 is 1.62 bits per heavy atom. The third-order valence-corrected chi connectivity index (χ3v) is 8.21. The number of nitro groups is 1. The van der Waals surface area contributed by atoms with Crippen LogP contribution in [0.15, 0.2) is 123 Å². The van der Waals surface area contributed by atoms with E-state index in [2.05, 4.69) is 26.2 Å². The maximum absolute atomic E-state index is 14.0. The smallest absolute Gasteiger partial charge is 0.278 e. The molecule has 0 aliphatic heterocycles. The Morgan fingerprint density at radius 1 is 0.911 bits per heavy atom. The summed E-state index contributed by atoms with van der Waals surface area (Å²) in [6.07, 6.45) is 1.76. The van der Waals surface area contributed by atoms with Crippen LogP contribution >= 0.6 is 39.1 Å². The van der Waals surface area contributed by atoms with E-state index in [0.29, 0.717) is 55.8 Å². The first-order valence-corrected chi connectivity index (χ1v) is 15.2. The van der Waals surface area contributed by atoms with Crippen LogP contribution in [0.2, 0.25) is 10.0 Å². The molecule has 6 rings (SSSR count). The van der Waals surface area contributed by atoms with Crippen LogP contribution < -0.4 is 10.9 Å². The molecule has 0 unspecified atom stereocenters. The van der Waals surface area contributed by atoms with E-state index >= 15 is 0 Å². The van der Waals surface area contributed by atoms with E-state index in [1.54, 1.807) is 71.3 Å². The zero-order valence-corrected chi connectivity index (χ0v) is 26.4. The molecule has 0 bridgehead atoms. The van der Waals surface area contributed by atoms with Gasteiger partial charge in [0.1, 0.15) is 5.82 Å². The number of benzene rings is 5. The average molecular weight is 699 g/mol. The summed E-state index contributed by atoms with van der Waals surface area (Å²) in [6.45, 7) is 0. The Bertz CT molecular complexity index is 2150. The molecule has 0 aliphatic carbocycles. The highest BCUT2D eigenvalue weighted by Crippen LogP contribution is 2.34. The lowest BCUT2D eigenvalue weighted by atomic mass is 10.1. The van der Waals surface area contributed by atoms with E-state index in [0.717, 1.165) is 15.7 Å². The van der Waals surface area contributed by atoms with Gasteiger partial charge in [0.05, 0.1) is 48.5 Å². The lowest BCUT2D eigenvalue weighted by Gasteiger charge is -2.17. The van der Waals surface area contributed by atoms with Gasteiger partial charge in [-0.05, 0) is 72.3 Å². The molecule has 0 saturated carbocycles. The highest BCUT2D eigenvalue weighted by Gasteiger charge is 2.17. The molecule has 0 saturated heterocycles. The summed E-state index contributed by atoms with van der Waals surface area (Å²) in [5, 5.41) is 16.1. The molecule has 1 N–H and O–H groups in total. The highest BCUT2D eigenvalue weighted by atomic mass is 79.9.